The highest BCUT2D eigenvalue weighted by Gasteiger charge is 2.35. The third-order valence-electron chi connectivity index (χ3n) is 11.0. The van der Waals surface area contributed by atoms with E-state index in [-0.39, 0.29) is 54.1 Å². The molecular weight excluding hydrogens is 838 g/mol. The first-order valence-electron chi connectivity index (χ1n) is 21.8. The number of benzene rings is 4. The minimum Gasteiger partial charge on any atom is -0.487 e. The number of amides is 1. The first kappa shape index (κ1) is 48.0. The number of Topliss-reactive ketones (excluding diaryl/α,β-unsaturated/α-hetero) is 1. The molecule has 0 fully saturated rings. The summed E-state index contributed by atoms with van der Waals surface area (Å²) in [4.78, 5) is 41.4. The van der Waals surface area contributed by atoms with E-state index in [0.29, 0.717) is 87.0 Å². The number of nitrogens with one attached hydrogen (secondary N) is 2. The van der Waals surface area contributed by atoms with Crippen LogP contribution in [-0.4, -0.2) is 80.5 Å². The van der Waals surface area contributed by atoms with E-state index in [9.17, 15) is 19.5 Å². The van der Waals surface area contributed by atoms with Crippen LogP contribution in [0.4, 0.5) is 9.52 Å². The number of aromatic carboxylic acids is 1. The van der Waals surface area contributed by atoms with Crippen LogP contribution in [0, 0.1) is 11.7 Å². The van der Waals surface area contributed by atoms with Crippen LogP contribution >= 0.6 is 11.3 Å². The number of carbonyl (C=O) groups is 3. The topological polar surface area (TPSA) is 155 Å². The Labute approximate surface area is 378 Å². The predicted octanol–water partition coefficient (Wildman–Crippen LogP) is 9.61. The van der Waals surface area contributed by atoms with E-state index < -0.39 is 17.3 Å². The SMILES string of the molecule is CC(C)Cc1ccc([C@H](C)C(=O)CCCOCCOCCOCCOc2cc3c(cc2Oc2ccc(-c4ccc(C(=O)O)cc4)c(F)c2)[C@@](C)(CC(=O)Nc2nccs2)NCC3)cc1. The number of halogens is 1. The average Bonchev–Trinajstić information content (AvgIpc) is 3.78. The molecule has 0 bridgehead atoms. The van der Waals surface area contributed by atoms with E-state index in [1.54, 1.807) is 35.8 Å². The molecule has 4 aromatic carbocycles. The normalized spacial score (nSPS) is 15.1. The lowest BCUT2D eigenvalue weighted by atomic mass is 9.81. The fraction of sp³-hybridized carbons (Fsp3) is 0.400. The van der Waals surface area contributed by atoms with Gasteiger partial charge in [0, 0.05) is 60.7 Å². The highest BCUT2D eigenvalue weighted by atomic mass is 32.1. The van der Waals surface area contributed by atoms with Crippen molar-refractivity contribution < 1.29 is 47.6 Å². The van der Waals surface area contributed by atoms with Gasteiger partial charge >= 0.3 is 5.97 Å². The maximum Gasteiger partial charge on any atom is 0.335 e. The van der Waals surface area contributed by atoms with Gasteiger partial charge in [0.1, 0.15) is 24.0 Å². The lowest BCUT2D eigenvalue weighted by Crippen LogP contribution is -2.47. The van der Waals surface area contributed by atoms with Crippen molar-refractivity contribution in [2.45, 2.75) is 71.3 Å². The van der Waals surface area contributed by atoms with Crippen LogP contribution in [0.5, 0.6) is 17.2 Å². The number of hydrogen-bond donors (Lipinski definition) is 3. The maximum atomic E-state index is 15.6. The average molecular weight is 896 g/mol. The number of carboxylic acid groups (broad SMARTS) is 1. The molecule has 0 radical (unpaired) electrons. The van der Waals surface area contributed by atoms with E-state index in [1.807, 2.05) is 26.0 Å². The number of ether oxygens (including phenoxy) is 5. The molecule has 0 saturated carbocycles. The summed E-state index contributed by atoms with van der Waals surface area (Å²) in [5, 5.41) is 17.9. The molecule has 0 saturated heterocycles. The van der Waals surface area contributed by atoms with Crippen molar-refractivity contribution in [1.29, 1.82) is 0 Å². The second-order valence-corrected chi connectivity index (χ2v) is 17.4. The van der Waals surface area contributed by atoms with Crippen LogP contribution in [0.1, 0.15) is 85.5 Å². The van der Waals surface area contributed by atoms with Crippen molar-refractivity contribution in [3.8, 4) is 28.4 Å². The lowest BCUT2D eigenvalue weighted by Gasteiger charge is -2.37. The molecule has 6 rings (SSSR count). The summed E-state index contributed by atoms with van der Waals surface area (Å²) in [5.74, 6) is -0.152. The molecule has 1 aliphatic rings. The van der Waals surface area contributed by atoms with Gasteiger partial charge in [-0.25, -0.2) is 14.2 Å². The highest BCUT2D eigenvalue weighted by Crippen LogP contribution is 2.42. The van der Waals surface area contributed by atoms with Gasteiger partial charge in [0.25, 0.3) is 0 Å². The van der Waals surface area contributed by atoms with E-state index in [2.05, 4.69) is 53.7 Å². The molecule has 0 spiro atoms. The predicted molar refractivity (Wildman–Crippen MR) is 245 cm³/mol. The van der Waals surface area contributed by atoms with Crippen molar-refractivity contribution in [1.82, 2.24) is 10.3 Å². The number of carboxylic acids is 1. The number of thiazole rings is 1. The Kier molecular flexibility index (Phi) is 17.6. The van der Waals surface area contributed by atoms with Gasteiger partial charge in [-0.05, 0) is 96.3 Å². The van der Waals surface area contributed by atoms with Gasteiger partial charge in [-0.15, -0.1) is 11.3 Å². The molecule has 2 atom stereocenters. The third kappa shape index (κ3) is 13.7. The zero-order valence-electron chi connectivity index (χ0n) is 37.0. The Balaban J connectivity index is 0.977. The van der Waals surface area contributed by atoms with Crippen LogP contribution in [-0.2, 0) is 42.2 Å². The molecule has 12 nitrogen and oxygen atoms in total. The molecule has 0 unspecified atom stereocenters. The number of carbonyl (C=O) groups excluding carboxylic acids is 2. The molecule has 1 aromatic heterocycles. The number of hydrogen-bond acceptors (Lipinski definition) is 11. The number of nitrogens with zero attached hydrogens (tertiary/aromatic N) is 1. The zero-order valence-corrected chi connectivity index (χ0v) is 37.8. The number of anilines is 1. The van der Waals surface area contributed by atoms with Gasteiger partial charge in [0.05, 0.1) is 38.6 Å². The summed E-state index contributed by atoms with van der Waals surface area (Å²) >= 11 is 1.34. The molecule has 3 N–H and O–H groups in total. The zero-order chi connectivity index (χ0) is 45.5. The van der Waals surface area contributed by atoms with Crippen molar-refractivity contribution in [2.75, 3.05) is 58.1 Å². The summed E-state index contributed by atoms with van der Waals surface area (Å²) in [6.07, 6.45) is 4.59. The Morgan fingerprint density at radius 2 is 1.58 bits per heavy atom. The number of fused-ring (bicyclic) bond motifs is 1. The quantitative estimate of drug-likeness (QED) is 0.0480. The molecule has 14 heteroatoms. The summed E-state index contributed by atoms with van der Waals surface area (Å²) in [5.41, 5.74) is 4.34. The summed E-state index contributed by atoms with van der Waals surface area (Å²) < 4.78 is 45.3. The monoisotopic (exact) mass is 895 g/mol. The Hall–Kier alpha value is -5.51. The fourth-order valence-electron chi connectivity index (χ4n) is 7.64. The largest absolute Gasteiger partial charge is 0.487 e. The molecule has 2 heterocycles. The molecule has 64 heavy (non-hydrogen) atoms. The molecule has 1 aliphatic heterocycles. The van der Waals surface area contributed by atoms with Crippen LogP contribution in [0.3, 0.4) is 0 Å². The number of ketones is 1. The second-order valence-electron chi connectivity index (χ2n) is 16.5. The first-order chi connectivity index (χ1) is 30.9. The van der Waals surface area contributed by atoms with Crippen molar-refractivity contribution >= 4 is 34.1 Å². The minimum atomic E-state index is -1.06. The Morgan fingerprint density at radius 3 is 2.23 bits per heavy atom. The van der Waals surface area contributed by atoms with Gasteiger partial charge < -0.3 is 39.4 Å². The number of aromatic nitrogens is 1. The highest BCUT2D eigenvalue weighted by molar-refractivity contribution is 7.13. The molecular formula is C50H58FN3O9S. The summed E-state index contributed by atoms with van der Waals surface area (Å²) in [6.45, 7) is 11.5. The van der Waals surface area contributed by atoms with Crippen LogP contribution in [0.25, 0.3) is 11.1 Å². The Morgan fingerprint density at radius 1 is 0.875 bits per heavy atom. The van der Waals surface area contributed by atoms with Gasteiger partial charge in [0.15, 0.2) is 16.6 Å². The maximum absolute atomic E-state index is 15.6. The van der Waals surface area contributed by atoms with E-state index in [1.165, 1.54) is 35.1 Å². The van der Waals surface area contributed by atoms with E-state index in [0.717, 1.165) is 23.1 Å². The van der Waals surface area contributed by atoms with Crippen molar-refractivity contribution in [3.05, 3.63) is 124 Å². The molecule has 0 aliphatic carbocycles. The summed E-state index contributed by atoms with van der Waals surface area (Å²) in [6, 6.07) is 22.6. The van der Waals surface area contributed by atoms with E-state index in [4.69, 9.17) is 23.7 Å². The van der Waals surface area contributed by atoms with Crippen LogP contribution in [0.2, 0.25) is 0 Å². The lowest BCUT2D eigenvalue weighted by molar-refractivity contribution is -0.120. The Bertz CT molecular complexity index is 2300. The fourth-order valence-corrected chi connectivity index (χ4v) is 8.19. The third-order valence-corrected chi connectivity index (χ3v) is 11.7. The number of rotatable bonds is 25. The van der Waals surface area contributed by atoms with Gasteiger partial charge in [-0.2, -0.15) is 0 Å². The summed E-state index contributed by atoms with van der Waals surface area (Å²) in [7, 11) is 0. The second kappa shape index (κ2) is 23.4. The van der Waals surface area contributed by atoms with Crippen LogP contribution in [0.15, 0.2) is 90.4 Å². The van der Waals surface area contributed by atoms with E-state index >= 15 is 4.39 Å². The molecule has 5 aromatic rings. The molecule has 1 amide bonds. The molecule has 340 valence electrons. The smallest absolute Gasteiger partial charge is 0.335 e. The first-order valence-corrected chi connectivity index (χ1v) is 22.7. The van der Waals surface area contributed by atoms with Gasteiger partial charge in [-0.1, -0.05) is 57.2 Å². The van der Waals surface area contributed by atoms with Crippen LogP contribution < -0.4 is 20.1 Å². The minimum absolute atomic E-state index is 0.105. The van der Waals surface area contributed by atoms with Gasteiger partial charge in [-0.3, -0.25) is 9.59 Å². The van der Waals surface area contributed by atoms with Crippen molar-refractivity contribution in [2.24, 2.45) is 5.92 Å². The standard InChI is InChI=1S/C50H58FN3O9S/c1-33(2)28-35-7-9-36(10-8-35)34(3)44(55)6-5-20-59-21-22-60-23-24-61-25-26-62-45-29-39-17-18-53-50(4,32-47(56)54-49-52-19-27-64-49)42(39)31-46(45)63-40-15-16-41(43(51)30-40)37-11-13-38(14-12-37)48(57)58/h7-16,19,27,29-31,33-34,53H,5-6,17-18,20-26,28,32H2,1-4H3,(H,57,58)(H,52,54,56)/t34-,50+/m0/s1. The van der Waals surface area contributed by atoms with Crippen molar-refractivity contribution in [3.63, 3.8) is 0 Å². The van der Waals surface area contributed by atoms with Gasteiger partial charge in [0.2, 0.25) is 5.91 Å².